The number of imidazole rings is 1. The average Bonchev–Trinajstić information content (AvgIpc) is 3.02. The van der Waals surface area contributed by atoms with E-state index in [1.54, 1.807) is 6.20 Å². The molecule has 27 heavy (non-hydrogen) atoms. The summed E-state index contributed by atoms with van der Waals surface area (Å²) in [6.45, 7) is 4.84. The van der Waals surface area contributed by atoms with Gasteiger partial charge in [0.25, 0.3) is 0 Å². The highest BCUT2D eigenvalue weighted by Crippen LogP contribution is 2.28. The summed E-state index contributed by atoms with van der Waals surface area (Å²) >= 11 is 3.55. The molecule has 2 heterocycles. The number of aliphatic hydroxyl groups excluding tert-OH is 1. The van der Waals surface area contributed by atoms with Crippen molar-refractivity contribution in [2.75, 3.05) is 0 Å². The summed E-state index contributed by atoms with van der Waals surface area (Å²) in [4.78, 5) is 9.04. The van der Waals surface area contributed by atoms with E-state index >= 15 is 0 Å². The molecule has 1 unspecified atom stereocenters. The predicted octanol–water partition coefficient (Wildman–Crippen LogP) is 4.94. The van der Waals surface area contributed by atoms with Gasteiger partial charge in [-0.3, -0.25) is 4.98 Å². The lowest BCUT2D eigenvalue weighted by Gasteiger charge is -2.15. The maximum absolute atomic E-state index is 11.0. The lowest BCUT2D eigenvalue weighted by atomic mass is 10.1. The van der Waals surface area contributed by atoms with Crippen LogP contribution >= 0.6 is 15.9 Å². The molecule has 4 nitrogen and oxygen atoms in total. The quantitative estimate of drug-likeness (QED) is 0.507. The Balaban J connectivity index is 1.88. The summed E-state index contributed by atoms with van der Waals surface area (Å²) in [5, 5.41) is 11.0. The van der Waals surface area contributed by atoms with Gasteiger partial charge in [-0.15, -0.1) is 0 Å². The molecule has 0 aliphatic carbocycles. The van der Waals surface area contributed by atoms with Gasteiger partial charge in [0.1, 0.15) is 5.82 Å². The molecule has 0 bridgehead atoms. The van der Waals surface area contributed by atoms with Gasteiger partial charge < -0.3 is 9.67 Å². The Bertz CT molecular complexity index is 1110. The zero-order valence-electron chi connectivity index (χ0n) is 15.2. The largest absolute Gasteiger partial charge is 0.379 e. The van der Waals surface area contributed by atoms with Crippen LogP contribution in [0, 0.1) is 13.8 Å². The zero-order valence-corrected chi connectivity index (χ0v) is 16.8. The molecule has 0 saturated carbocycles. The van der Waals surface area contributed by atoms with Crippen LogP contribution < -0.4 is 0 Å². The maximum Gasteiger partial charge on any atom is 0.154 e. The van der Waals surface area contributed by atoms with Gasteiger partial charge >= 0.3 is 0 Å². The maximum atomic E-state index is 11.0. The summed E-state index contributed by atoms with van der Waals surface area (Å²) in [5.74, 6) is 0.600. The number of hydrogen-bond acceptors (Lipinski definition) is 3. The second-order valence-corrected chi connectivity index (χ2v) is 7.69. The molecule has 136 valence electrons. The van der Waals surface area contributed by atoms with Gasteiger partial charge in [-0.1, -0.05) is 45.8 Å². The van der Waals surface area contributed by atoms with E-state index in [4.69, 9.17) is 4.98 Å². The standard InChI is InChI=1S/C22H20BrN3O/c1-14-6-7-15(2)16(11-14)13-26-20-12-17(23)8-9-18(20)25-22(26)21(27)19-5-3-4-10-24-19/h3-12,21,27H,13H2,1-2H3. The third kappa shape index (κ3) is 3.53. The Labute approximate surface area is 166 Å². The number of fused-ring (bicyclic) bond motifs is 1. The van der Waals surface area contributed by atoms with Crippen molar-refractivity contribution >= 4 is 27.0 Å². The van der Waals surface area contributed by atoms with Gasteiger partial charge in [0, 0.05) is 17.2 Å². The number of benzene rings is 2. The highest BCUT2D eigenvalue weighted by Gasteiger charge is 2.21. The van der Waals surface area contributed by atoms with Crippen molar-refractivity contribution in [1.29, 1.82) is 0 Å². The molecule has 4 rings (SSSR count). The van der Waals surface area contributed by atoms with Gasteiger partial charge in [0.05, 0.1) is 16.7 Å². The topological polar surface area (TPSA) is 50.9 Å². The number of nitrogens with zero attached hydrogens (tertiary/aromatic N) is 3. The first kappa shape index (κ1) is 17.9. The Hall–Kier alpha value is -2.50. The second kappa shape index (κ2) is 7.25. The second-order valence-electron chi connectivity index (χ2n) is 6.78. The van der Waals surface area contributed by atoms with Crippen LogP contribution in [0.25, 0.3) is 11.0 Å². The Kier molecular flexibility index (Phi) is 4.81. The molecule has 0 spiro atoms. The van der Waals surface area contributed by atoms with Crippen molar-refractivity contribution in [1.82, 2.24) is 14.5 Å². The summed E-state index contributed by atoms with van der Waals surface area (Å²) in [5.41, 5.74) is 6.07. The van der Waals surface area contributed by atoms with Crippen LogP contribution in [0.1, 0.15) is 34.3 Å². The fourth-order valence-electron chi connectivity index (χ4n) is 3.30. The first-order chi connectivity index (χ1) is 13.0. The number of aromatic nitrogens is 3. The van der Waals surface area contributed by atoms with Crippen molar-refractivity contribution < 1.29 is 5.11 Å². The molecular formula is C22H20BrN3O. The van der Waals surface area contributed by atoms with Gasteiger partial charge in [0.2, 0.25) is 0 Å². The smallest absolute Gasteiger partial charge is 0.154 e. The first-order valence-corrected chi connectivity index (χ1v) is 9.63. The fraction of sp³-hybridized carbons (Fsp3) is 0.182. The van der Waals surface area contributed by atoms with E-state index in [9.17, 15) is 5.11 Å². The zero-order chi connectivity index (χ0) is 19.0. The van der Waals surface area contributed by atoms with Crippen LogP contribution in [0.15, 0.2) is 65.3 Å². The van der Waals surface area contributed by atoms with E-state index in [2.05, 4.69) is 57.5 Å². The third-order valence-electron chi connectivity index (χ3n) is 4.79. The van der Waals surface area contributed by atoms with E-state index in [0.717, 1.165) is 15.5 Å². The summed E-state index contributed by atoms with van der Waals surface area (Å²) in [7, 11) is 0. The summed E-state index contributed by atoms with van der Waals surface area (Å²) < 4.78 is 3.07. The predicted molar refractivity (Wildman–Crippen MR) is 111 cm³/mol. The number of aryl methyl sites for hydroxylation is 2. The Morgan fingerprint density at radius 1 is 1.07 bits per heavy atom. The summed E-state index contributed by atoms with van der Waals surface area (Å²) in [6, 6.07) is 18.0. The van der Waals surface area contributed by atoms with Gasteiger partial charge in [-0.25, -0.2) is 4.98 Å². The lowest BCUT2D eigenvalue weighted by molar-refractivity contribution is 0.201. The molecule has 0 radical (unpaired) electrons. The van der Waals surface area contributed by atoms with Crippen molar-refractivity contribution in [2.24, 2.45) is 0 Å². The number of aliphatic hydroxyl groups is 1. The SMILES string of the molecule is Cc1ccc(C)c(Cn2c(C(O)c3ccccn3)nc3ccc(Br)cc32)c1. The van der Waals surface area contributed by atoms with E-state index in [1.807, 2.05) is 36.4 Å². The van der Waals surface area contributed by atoms with Crippen LogP contribution in [0.5, 0.6) is 0 Å². The normalized spacial score (nSPS) is 12.4. The number of pyridine rings is 1. The van der Waals surface area contributed by atoms with E-state index in [1.165, 1.54) is 16.7 Å². The van der Waals surface area contributed by atoms with Crippen molar-refractivity contribution in [3.8, 4) is 0 Å². The molecule has 0 saturated heterocycles. The van der Waals surface area contributed by atoms with Crippen LogP contribution in [-0.2, 0) is 6.54 Å². The highest BCUT2D eigenvalue weighted by molar-refractivity contribution is 9.10. The van der Waals surface area contributed by atoms with Crippen LogP contribution in [0.3, 0.4) is 0 Å². The molecule has 1 atom stereocenters. The van der Waals surface area contributed by atoms with Crippen molar-refractivity contribution in [3.05, 3.63) is 93.5 Å². The monoisotopic (exact) mass is 421 g/mol. The average molecular weight is 422 g/mol. The molecule has 4 aromatic rings. The van der Waals surface area contributed by atoms with Crippen molar-refractivity contribution in [3.63, 3.8) is 0 Å². The molecule has 0 fully saturated rings. The molecular weight excluding hydrogens is 402 g/mol. The molecule has 2 aromatic carbocycles. The highest BCUT2D eigenvalue weighted by atomic mass is 79.9. The van der Waals surface area contributed by atoms with Crippen LogP contribution in [0.4, 0.5) is 0 Å². The van der Waals surface area contributed by atoms with Gasteiger partial charge in [0.15, 0.2) is 6.10 Å². The van der Waals surface area contributed by atoms with Crippen LogP contribution in [0.2, 0.25) is 0 Å². The van der Waals surface area contributed by atoms with E-state index < -0.39 is 6.10 Å². The summed E-state index contributed by atoms with van der Waals surface area (Å²) in [6.07, 6.45) is 0.801. The Morgan fingerprint density at radius 3 is 2.70 bits per heavy atom. The molecule has 0 aliphatic heterocycles. The minimum atomic E-state index is -0.887. The van der Waals surface area contributed by atoms with Gasteiger partial charge in [-0.2, -0.15) is 0 Å². The number of rotatable bonds is 4. The molecule has 1 N–H and O–H groups in total. The third-order valence-corrected chi connectivity index (χ3v) is 5.28. The van der Waals surface area contributed by atoms with E-state index in [-0.39, 0.29) is 0 Å². The minimum absolute atomic E-state index is 0.592. The van der Waals surface area contributed by atoms with Crippen molar-refractivity contribution in [2.45, 2.75) is 26.5 Å². The molecule has 5 heteroatoms. The van der Waals surface area contributed by atoms with Crippen LogP contribution in [-0.4, -0.2) is 19.6 Å². The fourth-order valence-corrected chi connectivity index (χ4v) is 3.65. The van der Waals surface area contributed by atoms with Gasteiger partial charge in [-0.05, 0) is 55.3 Å². The molecule has 0 aliphatic rings. The molecule has 0 amide bonds. The first-order valence-electron chi connectivity index (χ1n) is 8.84. The molecule has 2 aromatic heterocycles. The Morgan fingerprint density at radius 2 is 1.93 bits per heavy atom. The number of halogens is 1. The van der Waals surface area contributed by atoms with E-state index in [0.29, 0.717) is 18.1 Å². The number of hydrogen-bond donors (Lipinski definition) is 1. The lowest BCUT2D eigenvalue weighted by Crippen LogP contribution is -2.12. The minimum Gasteiger partial charge on any atom is -0.379 e.